The lowest BCUT2D eigenvalue weighted by Crippen LogP contribution is -2.10. The molecule has 1 aliphatic heterocycles. The number of halogens is 1. The van der Waals surface area contributed by atoms with Gasteiger partial charge in [-0.3, -0.25) is 0 Å². The van der Waals surface area contributed by atoms with Crippen molar-refractivity contribution in [3.05, 3.63) is 29.1 Å². The first-order valence-electron chi connectivity index (χ1n) is 5.35. The molecule has 1 unspecified atom stereocenters. The maximum Gasteiger partial charge on any atom is 0.130 e. The zero-order valence-corrected chi connectivity index (χ0v) is 8.89. The van der Waals surface area contributed by atoms with Gasteiger partial charge in [-0.05, 0) is 56.5 Å². The zero-order valence-electron chi connectivity index (χ0n) is 8.89. The van der Waals surface area contributed by atoms with Crippen molar-refractivity contribution in [1.82, 2.24) is 5.32 Å². The Labute approximate surface area is 89.1 Å². The van der Waals surface area contributed by atoms with Crippen molar-refractivity contribution < 1.29 is 9.50 Å². The zero-order chi connectivity index (χ0) is 10.8. The highest BCUT2D eigenvalue weighted by molar-refractivity contribution is 5.36. The topological polar surface area (TPSA) is 32.3 Å². The molecule has 1 saturated heterocycles. The molecule has 1 aliphatic rings. The first-order chi connectivity index (χ1) is 7.16. The molecule has 0 aliphatic carbocycles. The Morgan fingerprint density at radius 3 is 2.93 bits per heavy atom. The third kappa shape index (κ3) is 2.29. The number of phenolic OH excluding ortho intramolecular Hbond substituents is 1. The molecular weight excluding hydrogens is 193 g/mol. The summed E-state index contributed by atoms with van der Waals surface area (Å²) < 4.78 is 13.3. The van der Waals surface area contributed by atoms with Crippen LogP contribution in [0.4, 0.5) is 4.39 Å². The molecule has 2 N–H and O–H groups in total. The SMILES string of the molecule is Cc1c(O)cc(CC2CCNC2)cc1F. The fraction of sp³-hybridized carbons (Fsp3) is 0.500. The van der Waals surface area contributed by atoms with E-state index < -0.39 is 0 Å². The van der Waals surface area contributed by atoms with Gasteiger partial charge < -0.3 is 10.4 Å². The van der Waals surface area contributed by atoms with Crippen LogP contribution in [-0.2, 0) is 6.42 Å². The quantitative estimate of drug-likeness (QED) is 0.780. The smallest absolute Gasteiger partial charge is 0.130 e. The molecule has 0 radical (unpaired) electrons. The minimum Gasteiger partial charge on any atom is -0.508 e. The fourth-order valence-electron chi connectivity index (χ4n) is 2.06. The number of hydrogen-bond acceptors (Lipinski definition) is 2. The molecule has 2 nitrogen and oxygen atoms in total. The van der Waals surface area contributed by atoms with Crippen molar-refractivity contribution in [2.75, 3.05) is 13.1 Å². The van der Waals surface area contributed by atoms with Gasteiger partial charge in [-0.1, -0.05) is 0 Å². The minimum absolute atomic E-state index is 0.0657. The second-order valence-electron chi connectivity index (χ2n) is 4.28. The minimum atomic E-state index is -0.309. The largest absolute Gasteiger partial charge is 0.508 e. The summed E-state index contributed by atoms with van der Waals surface area (Å²) in [5.41, 5.74) is 1.23. The van der Waals surface area contributed by atoms with Gasteiger partial charge in [-0.2, -0.15) is 0 Å². The third-order valence-corrected chi connectivity index (χ3v) is 3.06. The highest BCUT2D eigenvalue weighted by Gasteiger charge is 2.16. The Bertz CT molecular complexity index is 336. The summed E-state index contributed by atoms with van der Waals surface area (Å²) in [5, 5.41) is 12.8. The van der Waals surface area contributed by atoms with Crippen LogP contribution in [0, 0.1) is 18.7 Å². The standard InChI is InChI=1S/C12H16FNO/c1-8-11(13)5-10(6-12(8)15)4-9-2-3-14-7-9/h5-6,9,14-15H,2-4,7H2,1H3. The van der Waals surface area contributed by atoms with Gasteiger partial charge >= 0.3 is 0 Å². The lowest BCUT2D eigenvalue weighted by atomic mass is 9.97. The van der Waals surface area contributed by atoms with Gasteiger partial charge in [0.1, 0.15) is 11.6 Å². The lowest BCUT2D eigenvalue weighted by molar-refractivity contribution is 0.460. The molecule has 0 bridgehead atoms. The lowest BCUT2D eigenvalue weighted by Gasteiger charge is -2.10. The van der Waals surface area contributed by atoms with E-state index in [2.05, 4.69) is 5.32 Å². The Kier molecular flexibility index (Phi) is 2.91. The van der Waals surface area contributed by atoms with E-state index in [1.807, 2.05) is 0 Å². The molecule has 1 aromatic carbocycles. The molecule has 0 spiro atoms. The molecule has 0 amide bonds. The highest BCUT2D eigenvalue weighted by Crippen LogP contribution is 2.24. The Hall–Kier alpha value is -1.09. The maximum absolute atomic E-state index is 13.3. The predicted molar refractivity (Wildman–Crippen MR) is 57.5 cm³/mol. The molecule has 1 heterocycles. The number of hydrogen-bond donors (Lipinski definition) is 2. The van der Waals surface area contributed by atoms with Gasteiger partial charge in [0.25, 0.3) is 0 Å². The monoisotopic (exact) mass is 209 g/mol. The van der Waals surface area contributed by atoms with E-state index in [-0.39, 0.29) is 11.6 Å². The molecule has 0 aromatic heterocycles. The van der Waals surface area contributed by atoms with Crippen LogP contribution in [0.2, 0.25) is 0 Å². The molecule has 1 fully saturated rings. The molecule has 82 valence electrons. The van der Waals surface area contributed by atoms with E-state index in [9.17, 15) is 9.50 Å². The predicted octanol–water partition coefficient (Wildman–Crippen LogP) is 1.99. The van der Waals surface area contributed by atoms with Crippen molar-refractivity contribution in [2.24, 2.45) is 5.92 Å². The van der Waals surface area contributed by atoms with Crippen LogP contribution in [0.25, 0.3) is 0 Å². The second kappa shape index (κ2) is 4.19. The van der Waals surface area contributed by atoms with E-state index in [1.54, 1.807) is 13.0 Å². The molecule has 1 atom stereocenters. The van der Waals surface area contributed by atoms with E-state index in [4.69, 9.17) is 0 Å². The van der Waals surface area contributed by atoms with E-state index >= 15 is 0 Å². The highest BCUT2D eigenvalue weighted by atomic mass is 19.1. The Balaban J connectivity index is 2.14. The van der Waals surface area contributed by atoms with Gasteiger partial charge in [0.05, 0.1) is 0 Å². The number of aromatic hydroxyl groups is 1. The molecule has 0 saturated carbocycles. The van der Waals surface area contributed by atoms with Gasteiger partial charge in [-0.25, -0.2) is 4.39 Å². The normalized spacial score (nSPS) is 20.8. The first kappa shape index (κ1) is 10.4. The van der Waals surface area contributed by atoms with Crippen LogP contribution in [0.15, 0.2) is 12.1 Å². The number of rotatable bonds is 2. The van der Waals surface area contributed by atoms with Crippen molar-refractivity contribution >= 4 is 0 Å². The van der Waals surface area contributed by atoms with Gasteiger partial charge in [-0.15, -0.1) is 0 Å². The van der Waals surface area contributed by atoms with Crippen LogP contribution in [0.3, 0.4) is 0 Å². The first-order valence-corrected chi connectivity index (χ1v) is 5.35. The van der Waals surface area contributed by atoms with Crippen LogP contribution in [-0.4, -0.2) is 18.2 Å². The number of benzene rings is 1. The Morgan fingerprint density at radius 1 is 1.53 bits per heavy atom. The summed E-state index contributed by atoms with van der Waals surface area (Å²) in [6.45, 7) is 3.63. The number of nitrogens with one attached hydrogen (secondary N) is 1. The molecular formula is C12H16FNO. The maximum atomic E-state index is 13.3. The summed E-state index contributed by atoms with van der Waals surface area (Å²) in [7, 11) is 0. The van der Waals surface area contributed by atoms with Crippen molar-refractivity contribution in [3.8, 4) is 5.75 Å². The van der Waals surface area contributed by atoms with Crippen molar-refractivity contribution in [1.29, 1.82) is 0 Å². The molecule has 2 rings (SSSR count). The van der Waals surface area contributed by atoms with Gasteiger partial charge in [0.15, 0.2) is 0 Å². The summed E-state index contributed by atoms with van der Waals surface area (Å²) in [6.07, 6.45) is 1.98. The van der Waals surface area contributed by atoms with Gasteiger partial charge in [0, 0.05) is 5.56 Å². The van der Waals surface area contributed by atoms with Crippen LogP contribution >= 0.6 is 0 Å². The summed E-state index contributed by atoms with van der Waals surface area (Å²) in [5.74, 6) is 0.332. The van der Waals surface area contributed by atoms with Crippen molar-refractivity contribution in [3.63, 3.8) is 0 Å². The Morgan fingerprint density at radius 2 is 2.33 bits per heavy atom. The third-order valence-electron chi connectivity index (χ3n) is 3.06. The van der Waals surface area contributed by atoms with Crippen LogP contribution < -0.4 is 5.32 Å². The van der Waals surface area contributed by atoms with E-state index in [0.717, 1.165) is 31.5 Å². The average molecular weight is 209 g/mol. The van der Waals surface area contributed by atoms with E-state index in [1.165, 1.54) is 6.07 Å². The van der Waals surface area contributed by atoms with Crippen LogP contribution in [0.5, 0.6) is 5.75 Å². The molecule has 3 heteroatoms. The van der Waals surface area contributed by atoms with Crippen molar-refractivity contribution in [2.45, 2.75) is 19.8 Å². The number of phenols is 1. The molecule has 1 aromatic rings. The van der Waals surface area contributed by atoms with Gasteiger partial charge in [0.2, 0.25) is 0 Å². The summed E-state index contributed by atoms with van der Waals surface area (Å²) >= 11 is 0. The summed E-state index contributed by atoms with van der Waals surface area (Å²) in [4.78, 5) is 0. The molecule has 15 heavy (non-hydrogen) atoms. The fourth-order valence-corrected chi connectivity index (χ4v) is 2.06. The summed E-state index contributed by atoms with van der Waals surface area (Å²) in [6, 6.07) is 3.21. The van der Waals surface area contributed by atoms with Crippen LogP contribution in [0.1, 0.15) is 17.5 Å². The average Bonchev–Trinajstić information content (AvgIpc) is 2.66. The van der Waals surface area contributed by atoms with E-state index in [0.29, 0.717) is 11.5 Å². The second-order valence-corrected chi connectivity index (χ2v) is 4.28.